The van der Waals surface area contributed by atoms with E-state index in [2.05, 4.69) is 0 Å². The van der Waals surface area contributed by atoms with Crippen molar-refractivity contribution in [1.82, 2.24) is 9.80 Å². The molecule has 0 radical (unpaired) electrons. The molecule has 1 fully saturated rings. The molecule has 104 valence electrons. The average molecular weight is 255 g/mol. The number of rotatable bonds is 5. The Labute approximate surface area is 109 Å². The van der Waals surface area contributed by atoms with Crippen LogP contribution >= 0.6 is 0 Å². The summed E-state index contributed by atoms with van der Waals surface area (Å²) < 4.78 is 0. The highest BCUT2D eigenvalue weighted by atomic mass is 16.2. The molecule has 5 nitrogen and oxygen atoms in total. The number of unbranched alkanes of at least 4 members (excludes halogenated alkanes) is 2. The third-order valence-corrected chi connectivity index (χ3v) is 3.39. The fourth-order valence-electron chi connectivity index (χ4n) is 2.24. The molecule has 0 aromatic rings. The van der Waals surface area contributed by atoms with Gasteiger partial charge >= 0.3 is 0 Å². The van der Waals surface area contributed by atoms with Gasteiger partial charge in [0.25, 0.3) is 0 Å². The molecule has 0 aromatic carbocycles. The van der Waals surface area contributed by atoms with E-state index in [1.807, 2.05) is 9.80 Å². The predicted octanol–water partition coefficient (Wildman–Crippen LogP) is 0.586. The summed E-state index contributed by atoms with van der Waals surface area (Å²) in [4.78, 5) is 27.0. The number of nitrogens with zero attached hydrogens (tertiary/aromatic N) is 2. The molecule has 1 rings (SSSR count). The second-order valence-electron chi connectivity index (χ2n) is 4.84. The largest absolute Gasteiger partial charge is 0.341 e. The van der Waals surface area contributed by atoms with Crippen LogP contribution in [0.1, 0.15) is 39.0 Å². The molecule has 18 heavy (non-hydrogen) atoms. The summed E-state index contributed by atoms with van der Waals surface area (Å²) in [5.74, 6) is 0.324. The first-order valence-electron chi connectivity index (χ1n) is 6.88. The van der Waals surface area contributed by atoms with Crippen molar-refractivity contribution in [3.8, 4) is 0 Å². The summed E-state index contributed by atoms with van der Waals surface area (Å²) in [7, 11) is 0. The van der Waals surface area contributed by atoms with E-state index in [9.17, 15) is 9.59 Å². The minimum atomic E-state index is 0.104. The minimum Gasteiger partial charge on any atom is -0.341 e. The van der Waals surface area contributed by atoms with E-state index in [0.717, 1.165) is 38.8 Å². The van der Waals surface area contributed by atoms with E-state index in [-0.39, 0.29) is 11.8 Å². The summed E-state index contributed by atoms with van der Waals surface area (Å²) in [5, 5.41) is 0. The second-order valence-corrected chi connectivity index (χ2v) is 4.84. The van der Waals surface area contributed by atoms with E-state index in [1.54, 1.807) is 6.92 Å². The van der Waals surface area contributed by atoms with Crippen molar-refractivity contribution in [2.45, 2.75) is 39.0 Å². The zero-order valence-corrected chi connectivity index (χ0v) is 11.4. The van der Waals surface area contributed by atoms with Gasteiger partial charge in [-0.2, -0.15) is 0 Å². The lowest BCUT2D eigenvalue weighted by Crippen LogP contribution is -2.36. The molecule has 0 atom stereocenters. The lowest BCUT2D eigenvalue weighted by Gasteiger charge is -2.21. The quantitative estimate of drug-likeness (QED) is 0.731. The van der Waals surface area contributed by atoms with Gasteiger partial charge in [-0.25, -0.2) is 0 Å². The van der Waals surface area contributed by atoms with Crippen molar-refractivity contribution < 1.29 is 9.59 Å². The summed E-state index contributed by atoms with van der Waals surface area (Å²) in [5.41, 5.74) is 5.42. The lowest BCUT2D eigenvalue weighted by molar-refractivity contribution is -0.132. The molecule has 0 aliphatic carbocycles. The smallest absolute Gasteiger partial charge is 0.222 e. The molecule has 1 heterocycles. The van der Waals surface area contributed by atoms with Crippen LogP contribution in [0.15, 0.2) is 0 Å². The molecule has 0 bridgehead atoms. The van der Waals surface area contributed by atoms with Gasteiger partial charge in [-0.3, -0.25) is 9.59 Å². The van der Waals surface area contributed by atoms with Crippen molar-refractivity contribution in [3.05, 3.63) is 0 Å². The topological polar surface area (TPSA) is 66.6 Å². The highest BCUT2D eigenvalue weighted by Gasteiger charge is 2.19. The molecule has 0 spiro atoms. The normalized spacial score (nSPS) is 16.6. The fourth-order valence-corrected chi connectivity index (χ4v) is 2.24. The Balaban J connectivity index is 2.29. The first-order chi connectivity index (χ1) is 8.65. The maximum atomic E-state index is 12.0. The van der Waals surface area contributed by atoms with Crippen molar-refractivity contribution in [1.29, 1.82) is 0 Å². The number of carbonyl (C=O) groups excluding carboxylic acids is 2. The first-order valence-corrected chi connectivity index (χ1v) is 6.88. The summed E-state index contributed by atoms with van der Waals surface area (Å²) in [6.45, 7) is 5.18. The number of carbonyl (C=O) groups is 2. The molecular weight excluding hydrogens is 230 g/mol. The zero-order chi connectivity index (χ0) is 13.4. The van der Waals surface area contributed by atoms with Gasteiger partial charge in [0.1, 0.15) is 0 Å². The Morgan fingerprint density at radius 1 is 1.00 bits per heavy atom. The number of hydrogen-bond donors (Lipinski definition) is 1. The lowest BCUT2D eigenvalue weighted by atomic mass is 10.2. The van der Waals surface area contributed by atoms with Crippen molar-refractivity contribution in [3.63, 3.8) is 0 Å². The van der Waals surface area contributed by atoms with Gasteiger partial charge in [-0.05, 0) is 25.8 Å². The molecule has 1 saturated heterocycles. The predicted molar refractivity (Wildman–Crippen MR) is 71.0 cm³/mol. The standard InChI is InChI=1S/C13H25N3O2/c1-12(17)15-8-5-9-16(11-10-15)13(18)6-3-2-4-7-14/h2-11,14H2,1H3. The van der Waals surface area contributed by atoms with E-state index >= 15 is 0 Å². The van der Waals surface area contributed by atoms with Crippen LogP contribution in [0.4, 0.5) is 0 Å². The van der Waals surface area contributed by atoms with E-state index in [4.69, 9.17) is 5.73 Å². The molecule has 1 aliphatic rings. The number of amides is 2. The van der Waals surface area contributed by atoms with E-state index in [0.29, 0.717) is 26.1 Å². The number of nitrogens with two attached hydrogens (primary N) is 1. The Kier molecular flexibility index (Phi) is 6.72. The first kappa shape index (κ1) is 15.0. The molecular formula is C13H25N3O2. The van der Waals surface area contributed by atoms with Crippen LogP contribution < -0.4 is 5.73 Å². The van der Waals surface area contributed by atoms with Crippen LogP contribution in [0.25, 0.3) is 0 Å². The highest BCUT2D eigenvalue weighted by molar-refractivity contribution is 5.76. The van der Waals surface area contributed by atoms with Gasteiger partial charge in [0.05, 0.1) is 0 Å². The molecule has 0 saturated carbocycles. The van der Waals surface area contributed by atoms with Crippen LogP contribution in [0.2, 0.25) is 0 Å². The van der Waals surface area contributed by atoms with Gasteiger partial charge in [0.15, 0.2) is 0 Å². The SMILES string of the molecule is CC(=O)N1CCCN(C(=O)CCCCCN)CC1. The van der Waals surface area contributed by atoms with Gasteiger partial charge in [0.2, 0.25) is 11.8 Å². The monoisotopic (exact) mass is 255 g/mol. The van der Waals surface area contributed by atoms with Gasteiger partial charge in [-0.1, -0.05) is 6.42 Å². The molecule has 1 aliphatic heterocycles. The Morgan fingerprint density at radius 3 is 2.33 bits per heavy atom. The maximum absolute atomic E-state index is 12.0. The van der Waals surface area contributed by atoms with Crippen LogP contribution in [0, 0.1) is 0 Å². The Morgan fingerprint density at radius 2 is 1.67 bits per heavy atom. The zero-order valence-electron chi connectivity index (χ0n) is 11.4. The maximum Gasteiger partial charge on any atom is 0.222 e. The van der Waals surface area contributed by atoms with Gasteiger partial charge in [0, 0.05) is 39.5 Å². The average Bonchev–Trinajstić information content (AvgIpc) is 2.60. The van der Waals surface area contributed by atoms with Crippen LogP contribution in [0.3, 0.4) is 0 Å². The third-order valence-electron chi connectivity index (χ3n) is 3.39. The highest BCUT2D eigenvalue weighted by Crippen LogP contribution is 2.08. The fraction of sp³-hybridized carbons (Fsp3) is 0.846. The molecule has 0 unspecified atom stereocenters. The van der Waals surface area contributed by atoms with E-state index < -0.39 is 0 Å². The van der Waals surface area contributed by atoms with Crippen LogP contribution in [0.5, 0.6) is 0 Å². The van der Waals surface area contributed by atoms with Crippen molar-refractivity contribution >= 4 is 11.8 Å². The van der Waals surface area contributed by atoms with Gasteiger partial charge < -0.3 is 15.5 Å². The second kappa shape index (κ2) is 8.08. The van der Waals surface area contributed by atoms with Crippen LogP contribution in [-0.4, -0.2) is 54.3 Å². The molecule has 2 amide bonds. The summed E-state index contributed by atoms with van der Waals surface area (Å²) >= 11 is 0. The third kappa shape index (κ3) is 5.04. The van der Waals surface area contributed by atoms with Gasteiger partial charge in [-0.15, -0.1) is 0 Å². The minimum absolute atomic E-state index is 0.104. The van der Waals surface area contributed by atoms with Crippen molar-refractivity contribution in [2.75, 3.05) is 32.7 Å². The Hall–Kier alpha value is -1.10. The summed E-state index contributed by atoms with van der Waals surface area (Å²) in [6.07, 6.45) is 4.43. The summed E-state index contributed by atoms with van der Waals surface area (Å²) in [6, 6.07) is 0. The van der Waals surface area contributed by atoms with E-state index in [1.165, 1.54) is 0 Å². The Bertz CT molecular complexity index is 281. The van der Waals surface area contributed by atoms with Crippen molar-refractivity contribution in [2.24, 2.45) is 5.73 Å². The molecule has 2 N–H and O–H groups in total. The molecule has 5 heteroatoms. The molecule has 0 aromatic heterocycles. The van der Waals surface area contributed by atoms with Crippen LogP contribution in [-0.2, 0) is 9.59 Å². The number of hydrogen-bond acceptors (Lipinski definition) is 3.